The number of nitrogens with zero attached hydrogens (tertiary/aromatic N) is 1. The van der Waals surface area contributed by atoms with E-state index in [4.69, 9.17) is 0 Å². The number of nitrogens with one attached hydrogen (secondary N) is 1. The van der Waals surface area contributed by atoms with Crippen LogP contribution in [0.3, 0.4) is 0 Å². The van der Waals surface area contributed by atoms with Crippen molar-refractivity contribution in [3.8, 4) is 0 Å². The minimum absolute atomic E-state index is 0.106. The van der Waals surface area contributed by atoms with Gasteiger partial charge < -0.3 is 0 Å². The smallest absolute Gasteiger partial charge is 0.282 e. The van der Waals surface area contributed by atoms with Crippen LogP contribution >= 0.6 is 0 Å². The van der Waals surface area contributed by atoms with Crippen molar-refractivity contribution in [3.63, 3.8) is 0 Å². The molecule has 0 saturated carbocycles. The third kappa shape index (κ3) is 1.39. The van der Waals surface area contributed by atoms with Crippen molar-refractivity contribution in [1.29, 1.82) is 0 Å². The Balaban J connectivity index is 3.05. The van der Waals surface area contributed by atoms with E-state index in [1.807, 2.05) is 6.92 Å². The fourth-order valence-corrected chi connectivity index (χ4v) is 1.10. The summed E-state index contributed by atoms with van der Waals surface area (Å²) in [5, 5.41) is 6.05. The van der Waals surface area contributed by atoms with Gasteiger partial charge in [-0.15, -0.1) is 0 Å². The van der Waals surface area contributed by atoms with Crippen molar-refractivity contribution in [2.75, 3.05) is 0 Å². The van der Waals surface area contributed by atoms with Crippen LogP contribution in [0.15, 0.2) is 0 Å². The summed E-state index contributed by atoms with van der Waals surface area (Å²) in [6, 6.07) is 0. The van der Waals surface area contributed by atoms with E-state index in [1.54, 1.807) is 6.92 Å². The molecule has 2 nitrogen and oxygen atoms in total. The number of H-pyrrole nitrogens is 1. The molecule has 0 fully saturated rings. The van der Waals surface area contributed by atoms with E-state index in [-0.39, 0.29) is 5.69 Å². The highest BCUT2D eigenvalue weighted by Gasteiger charge is 2.16. The van der Waals surface area contributed by atoms with E-state index in [1.165, 1.54) is 0 Å². The molecular weight excluding hydrogens is 150 g/mol. The Morgan fingerprint density at radius 1 is 1.55 bits per heavy atom. The summed E-state index contributed by atoms with van der Waals surface area (Å²) in [4.78, 5) is 0. The van der Waals surface area contributed by atoms with Gasteiger partial charge in [-0.1, -0.05) is 6.92 Å². The Morgan fingerprint density at radius 2 is 2.18 bits per heavy atom. The molecule has 1 heterocycles. The first-order valence-corrected chi connectivity index (χ1v) is 3.48. The van der Waals surface area contributed by atoms with Crippen LogP contribution in [0.5, 0.6) is 0 Å². The van der Waals surface area contributed by atoms with Crippen LogP contribution in [-0.2, 0) is 6.42 Å². The van der Waals surface area contributed by atoms with Gasteiger partial charge in [0.15, 0.2) is 0 Å². The lowest BCUT2D eigenvalue weighted by Gasteiger charge is -1.97. The summed E-state index contributed by atoms with van der Waals surface area (Å²) < 4.78 is 24.3. The number of aromatic amines is 1. The van der Waals surface area contributed by atoms with Crippen LogP contribution < -0.4 is 0 Å². The molecule has 1 N–H and O–H groups in total. The Labute approximate surface area is 63.6 Å². The first-order chi connectivity index (χ1) is 5.16. The summed E-state index contributed by atoms with van der Waals surface area (Å²) in [5.41, 5.74) is 1.27. The standard InChI is InChI=1S/C7H10F2N2/c1-3-5-4(2)10-11-6(5)7(8)9/h7H,3H2,1-2H3,(H,10,11). The lowest BCUT2D eigenvalue weighted by molar-refractivity contribution is 0.145. The SMILES string of the molecule is CCc1c(C(F)F)n[nH]c1C. The number of hydrogen-bond donors (Lipinski definition) is 1. The molecule has 4 heteroatoms. The average molecular weight is 160 g/mol. The van der Waals surface area contributed by atoms with Crippen LogP contribution in [0.2, 0.25) is 0 Å². The first kappa shape index (κ1) is 8.17. The molecule has 0 aliphatic heterocycles. The number of halogens is 2. The van der Waals surface area contributed by atoms with Gasteiger partial charge in [-0.05, 0) is 13.3 Å². The number of aromatic nitrogens is 2. The molecule has 1 aromatic rings. The first-order valence-electron chi connectivity index (χ1n) is 3.48. The van der Waals surface area contributed by atoms with E-state index in [0.717, 1.165) is 5.69 Å². The van der Waals surface area contributed by atoms with Crippen LogP contribution in [-0.4, -0.2) is 10.2 Å². The average Bonchev–Trinajstić information content (AvgIpc) is 2.30. The van der Waals surface area contributed by atoms with Gasteiger partial charge in [0.25, 0.3) is 6.43 Å². The van der Waals surface area contributed by atoms with Gasteiger partial charge in [0, 0.05) is 11.3 Å². The molecule has 0 saturated heterocycles. The lowest BCUT2D eigenvalue weighted by Crippen LogP contribution is -1.90. The van der Waals surface area contributed by atoms with Gasteiger partial charge in [-0.2, -0.15) is 5.10 Å². The Bertz CT molecular complexity index is 243. The van der Waals surface area contributed by atoms with Gasteiger partial charge in [-0.3, -0.25) is 5.10 Å². The fourth-order valence-electron chi connectivity index (χ4n) is 1.10. The third-order valence-electron chi connectivity index (χ3n) is 1.67. The Hall–Kier alpha value is -0.930. The molecule has 11 heavy (non-hydrogen) atoms. The highest BCUT2D eigenvalue weighted by Crippen LogP contribution is 2.22. The molecule has 0 amide bonds. The highest BCUT2D eigenvalue weighted by molar-refractivity contribution is 5.24. The molecule has 0 unspecified atom stereocenters. The molecule has 0 aliphatic rings. The third-order valence-corrected chi connectivity index (χ3v) is 1.67. The summed E-state index contributed by atoms with van der Waals surface area (Å²) in [5.74, 6) is 0. The fraction of sp³-hybridized carbons (Fsp3) is 0.571. The number of rotatable bonds is 2. The highest BCUT2D eigenvalue weighted by atomic mass is 19.3. The van der Waals surface area contributed by atoms with Crippen molar-refractivity contribution in [2.45, 2.75) is 26.7 Å². The summed E-state index contributed by atoms with van der Waals surface area (Å²) in [6.07, 6.45) is -1.86. The van der Waals surface area contributed by atoms with Crippen molar-refractivity contribution >= 4 is 0 Å². The molecule has 0 atom stereocenters. The van der Waals surface area contributed by atoms with Crippen molar-refractivity contribution in [2.24, 2.45) is 0 Å². The molecule has 0 radical (unpaired) electrons. The summed E-state index contributed by atoms with van der Waals surface area (Å²) >= 11 is 0. The van der Waals surface area contributed by atoms with E-state index < -0.39 is 6.43 Å². The number of aryl methyl sites for hydroxylation is 1. The van der Waals surface area contributed by atoms with Crippen molar-refractivity contribution in [3.05, 3.63) is 17.0 Å². The molecule has 0 bridgehead atoms. The Morgan fingerprint density at radius 3 is 2.55 bits per heavy atom. The van der Waals surface area contributed by atoms with E-state index in [9.17, 15) is 8.78 Å². The normalized spacial score (nSPS) is 11.0. The second-order valence-electron chi connectivity index (χ2n) is 2.37. The minimum Gasteiger partial charge on any atom is -0.282 e. The number of alkyl halides is 2. The maximum Gasteiger partial charge on any atom is 0.282 e. The minimum atomic E-state index is -2.46. The van der Waals surface area contributed by atoms with E-state index in [0.29, 0.717) is 12.0 Å². The molecule has 0 aliphatic carbocycles. The number of hydrogen-bond acceptors (Lipinski definition) is 1. The van der Waals surface area contributed by atoms with Crippen LogP contribution in [0.25, 0.3) is 0 Å². The molecule has 0 spiro atoms. The molecule has 62 valence electrons. The molecular formula is C7H10F2N2. The predicted molar refractivity (Wildman–Crippen MR) is 37.7 cm³/mol. The topological polar surface area (TPSA) is 28.7 Å². The molecule has 0 aromatic carbocycles. The van der Waals surface area contributed by atoms with Crippen LogP contribution in [0.4, 0.5) is 8.78 Å². The zero-order valence-electron chi connectivity index (χ0n) is 6.49. The van der Waals surface area contributed by atoms with Gasteiger partial charge in [0.1, 0.15) is 5.69 Å². The van der Waals surface area contributed by atoms with Gasteiger partial charge in [-0.25, -0.2) is 8.78 Å². The summed E-state index contributed by atoms with van der Waals surface area (Å²) in [7, 11) is 0. The lowest BCUT2D eigenvalue weighted by atomic mass is 10.1. The monoisotopic (exact) mass is 160 g/mol. The van der Waals surface area contributed by atoms with Gasteiger partial charge in [0.05, 0.1) is 0 Å². The maximum atomic E-state index is 12.1. The van der Waals surface area contributed by atoms with E-state index >= 15 is 0 Å². The molecule has 1 aromatic heterocycles. The van der Waals surface area contributed by atoms with Gasteiger partial charge >= 0.3 is 0 Å². The van der Waals surface area contributed by atoms with Crippen LogP contribution in [0, 0.1) is 6.92 Å². The second-order valence-corrected chi connectivity index (χ2v) is 2.37. The van der Waals surface area contributed by atoms with E-state index in [2.05, 4.69) is 10.2 Å². The van der Waals surface area contributed by atoms with Gasteiger partial charge in [0.2, 0.25) is 0 Å². The van der Waals surface area contributed by atoms with Crippen molar-refractivity contribution in [1.82, 2.24) is 10.2 Å². The second kappa shape index (κ2) is 2.98. The quantitative estimate of drug-likeness (QED) is 0.706. The maximum absolute atomic E-state index is 12.1. The summed E-state index contributed by atoms with van der Waals surface area (Å²) in [6.45, 7) is 3.58. The van der Waals surface area contributed by atoms with Crippen LogP contribution in [0.1, 0.15) is 30.3 Å². The Kier molecular flexibility index (Phi) is 2.22. The molecule has 1 rings (SSSR count). The largest absolute Gasteiger partial charge is 0.282 e. The zero-order chi connectivity index (χ0) is 8.43. The predicted octanol–water partition coefficient (Wildman–Crippen LogP) is 2.22. The van der Waals surface area contributed by atoms with Crippen molar-refractivity contribution < 1.29 is 8.78 Å². The zero-order valence-corrected chi connectivity index (χ0v) is 6.49.